The van der Waals surface area contributed by atoms with E-state index in [2.05, 4.69) is 0 Å². The molecule has 9 nitrogen and oxygen atoms in total. The van der Waals surface area contributed by atoms with Crippen molar-refractivity contribution in [3.8, 4) is 0 Å². The van der Waals surface area contributed by atoms with Gasteiger partial charge in [-0.1, -0.05) is 0 Å². The number of carbonyl (C=O) groups excluding carboxylic acids is 4. The van der Waals surface area contributed by atoms with Crippen LogP contribution in [-0.2, 0) is 30.3 Å². The average molecular weight is 642 g/mol. The summed E-state index contributed by atoms with van der Waals surface area (Å²) in [6.45, 7) is -3.22. The van der Waals surface area contributed by atoms with E-state index in [4.69, 9.17) is 9.26 Å². The summed E-state index contributed by atoms with van der Waals surface area (Å²) in [5.74, 6) is -3.38. The van der Waals surface area contributed by atoms with Crippen LogP contribution in [0.5, 0.6) is 0 Å². The fraction of sp³-hybridized carbons (Fsp3) is 0.222. The van der Waals surface area contributed by atoms with Crippen molar-refractivity contribution in [1.82, 2.24) is 4.67 Å². The van der Waals surface area contributed by atoms with Gasteiger partial charge >= 0.3 is 268 Å². The molecular formula is C36H36NO8P. The molecule has 10 heteroatoms. The Morgan fingerprint density at radius 3 is 1.80 bits per heavy atom. The third-order valence-corrected chi connectivity index (χ3v) is 14.0. The predicted molar refractivity (Wildman–Crippen MR) is 175 cm³/mol. The zero-order valence-corrected chi connectivity index (χ0v) is 26.5. The molecule has 0 spiro atoms. The number of benzene rings is 4. The van der Waals surface area contributed by atoms with Crippen LogP contribution in [0.25, 0.3) is 0 Å². The van der Waals surface area contributed by atoms with Crippen LogP contribution in [0.1, 0.15) is 36.2 Å². The van der Waals surface area contributed by atoms with Gasteiger partial charge in [-0.25, -0.2) is 0 Å². The molecule has 0 radical (unpaired) electrons. The summed E-state index contributed by atoms with van der Waals surface area (Å²) in [4.78, 5) is 54.2. The number of hydrogen-bond acceptors (Lipinski definition) is 8. The van der Waals surface area contributed by atoms with Crippen LogP contribution >= 0.6 is 6.98 Å². The number of hydrogen-bond donors (Lipinski definition) is 2. The quantitative estimate of drug-likeness (QED) is 0.104. The standard InChI is InChI=1S/C36H36NO8P/c1-25(39)35-32(22-33(41)28-14-12-13-27(21-28)23-38)37(36(35)43)46(29-15-6-3-7-16-29,30-17-8-4-9-18-30,31-19-10-5-11-20-31)45-34(42)24-44-26(2)40/h3-21,25,32,35,38-39H,22-24H2,1-2H3/t25-,32-,35-/m1/s1. The van der Waals surface area contributed by atoms with Crippen LogP contribution in [0, 0.1) is 5.92 Å². The van der Waals surface area contributed by atoms with Gasteiger partial charge in [-0.3, -0.25) is 0 Å². The van der Waals surface area contributed by atoms with Crippen molar-refractivity contribution < 1.29 is 38.7 Å². The summed E-state index contributed by atoms with van der Waals surface area (Å²) in [6, 6.07) is 32.4. The van der Waals surface area contributed by atoms with Gasteiger partial charge in [-0.2, -0.15) is 0 Å². The van der Waals surface area contributed by atoms with Gasteiger partial charge in [-0.15, -0.1) is 0 Å². The van der Waals surface area contributed by atoms with E-state index >= 15 is 0 Å². The minimum absolute atomic E-state index is 0.206. The van der Waals surface area contributed by atoms with Crippen molar-refractivity contribution in [3.05, 3.63) is 126 Å². The van der Waals surface area contributed by atoms with Crippen LogP contribution in [0.4, 0.5) is 0 Å². The minimum atomic E-state index is -4.93. The van der Waals surface area contributed by atoms with E-state index in [-0.39, 0.29) is 18.8 Å². The average Bonchev–Trinajstić information content (AvgIpc) is 3.07. The van der Waals surface area contributed by atoms with Crippen molar-refractivity contribution in [2.45, 2.75) is 39.0 Å². The Labute approximate surface area is 267 Å². The molecule has 2 N–H and O–H groups in total. The summed E-state index contributed by atoms with van der Waals surface area (Å²) < 4.78 is 13.4. The molecule has 1 heterocycles. The van der Waals surface area contributed by atoms with Crippen molar-refractivity contribution in [2.24, 2.45) is 5.92 Å². The molecule has 1 aliphatic rings. The molecule has 46 heavy (non-hydrogen) atoms. The Kier molecular flexibility index (Phi) is 9.49. The van der Waals surface area contributed by atoms with E-state index in [0.29, 0.717) is 27.0 Å². The molecule has 0 unspecified atom stereocenters. The van der Waals surface area contributed by atoms with Gasteiger partial charge in [0.05, 0.1) is 0 Å². The summed E-state index contributed by atoms with van der Waals surface area (Å²) in [6.07, 6.45) is -1.34. The zero-order chi connectivity index (χ0) is 32.9. The molecule has 5 rings (SSSR count). The zero-order valence-electron chi connectivity index (χ0n) is 25.6. The summed E-state index contributed by atoms with van der Waals surface area (Å²) in [5, 5.41) is 22.1. The molecule has 0 bridgehead atoms. The van der Waals surface area contributed by atoms with Crippen molar-refractivity contribution in [1.29, 1.82) is 0 Å². The summed E-state index contributed by atoms with van der Waals surface area (Å²) >= 11 is 0. The Morgan fingerprint density at radius 2 is 1.35 bits per heavy atom. The number of amides is 1. The fourth-order valence-electron chi connectivity index (χ4n) is 6.44. The van der Waals surface area contributed by atoms with Crippen LogP contribution < -0.4 is 15.9 Å². The Hall–Kier alpha value is -4.69. The topological polar surface area (TPSA) is 130 Å². The molecule has 3 atom stereocenters. The normalized spacial score (nSPS) is 17.6. The second-order valence-corrected chi connectivity index (χ2v) is 15.4. The Balaban J connectivity index is 1.84. The SMILES string of the molecule is CC(=O)OCC(=O)OP(c1ccccc1)(c1ccccc1)(c1ccccc1)N1C(=O)[C@H]([C@@H](C)O)[C@H]1CC(=O)c1cccc(CO)c1. The Bertz CT molecular complexity index is 1630. The van der Waals surface area contributed by atoms with Crippen LogP contribution in [0.3, 0.4) is 0 Å². The number of ether oxygens (including phenoxy) is 1. The molecule has 238 valence electrons. The molecule has 1 aliphatic heterocycles. The first-order valence-electron chi connectivity index (χ1n) is 14.9. The molecule has 4 aromatic rings. The molecule has 1 fully saturated rings. The van der Waals surface area contributed by atoms with Gasteiger partial charge in [0, 0.05) is 0 Å². The molecular weight excluding hydrogens is 605 g/mol. The number of nitrogens with zero attached hydrogens (tertiary/aromatic N) is 1. The summed E-state index contributed by atoms with van der Waals surface area (Å²) in [7, 11) is 0. The number of carbonyl (C=O) groups is 4. The molecule has 1 saturated heterocycles. The monoisotopic (exact) mass is 641 g/mol. The first-order valence-corrected chi connectivity index (χ1v) is 17.0. The summed E-state index contributed by atoms with van der Waals surface area (Å²) in [5.41, 5.74) is 0.887. The van der Waals surface area contributed by atoms with Crippen LogP contribution in [0.2, 0.25) is 0 Å². The molecule has 0 aromatic heterocycles. The van der Waals surface area contributed by atoms with Gasteiger partial charge in [0.25, 0.3) is 0 Å². The second-order valence-electron chi connectivity index (χ2n) is 11.2. The van der Waals surface area contributed by atoms with Gasteiger partial charge < -0.3 is 0 Å². The first-order chi connectivity index (χ1) is 22.1. The second kappa shape index (κ2) is 13.3. The van der Waals surface area contributed by atoms with Crippen LogP contribution in [-0.4, -0.2) is 57.3 Å². The third-order valence-electron chi connectivity index (χ3n) is 8.38. The van der Waals surface area contributed by atoms with Gasteiger partial charge in [-0.05, 0) is 0 Å². The van der Waals surface area contributed by atoms with Gasteiger partial charge in [0.2, 0.25) is 0 Å². The number of rotatable bonds is 12. The van der Waals surface area contributed by atoms with Crippen molar-refractivity contribution >= 4 is 46.5 Å². The molecule has 4 aromatic carbocycles. The Morgan fingerprint density at radius 1 is 0.826 bits per heavy atom. The van der Waals surface area contributed by atoms with E-state index in [9.17, 15) is 29.4 Å². The fourth-order valence-corrected chi connectivity index (χ4v) is 12.4. The predicted octanol–water partition coefficient (Wildman–Crippen LogP) is 3.43. The van der Waals surface area contributed by atoms with Gasteiger partial charge in [0.1, 0.15) is 0 Å². The van der Waals surface area contributed by atoms with E-state index in [1.807, 2.05) is 0 Å². The van der Waals surface area contributed by atoms with Gasteiger partial charge in [0.15, 0.2) is 0 Å². The molecule has 0 saturated carbocycles. The molecule has 1 amide bonds. The number of ketones is 1. The maximum atomic E-state index is 14.6. The van der Waals surface area contributed by atoms with E-state index in [1.165, 1.54) is 18.5 Å². The number of Topliss-reactive ketones (excluding diaryl/α,β-unsaturated/α-hetero) is 1. The van der Waals surface area contributed by atoms with Crippen molar-refractivity contribution in [2.75, 3.05) is 6.61 Å². The number of esters is 1. The third kappa shape index (κ3) is 5.51. The number of aliphatic hydroxyl groups is 2. The van der Waals surface area contributed by atoms with E-state index < -0.39 is 49.5 Å². The van der Waals surface area contributed by atoms with E-state index in [0.717, 1.165) is 0 Å². The molecule has 0 aliphatic carbocycles. The number of β-lactam (4-membered cyclic amide) rings is 1. The van der Waals surface area contributed by atoms with Crippen molar-refractivity contribution in [3.63, 3.8) is 0 Å². The first kappa shape index (κ1) is 32.7. The van der Waals surface area contributed by atoms with E-state index in [1.54, 1.807) is 115 Å². The van der Waals surface area contributed by atoms with Crippen LogP contribution in [0.15, 0.2) is 115 Å². The number of aliphatic hydroxyl groups excluding tert-OH is 2. The maximum absolute atomic E-state index is 14.6.